The van der Waals surface area contributed by atoms with Crippen molar-refractivity contribution in [2.45, 2.75) is 45.6 Å². The van der Waals surface area contributed by atoms with Crippen molar-refractivity contribution >= 4 is 23.2 Å². The molecule has 2 rings (SSSR count). The summed E-state index contributed by atoms with van der Waals surface area (Å²) < 4.78 is 0. The molecule has 1 fully saturated rings. The first-order chi connectivity index (χ1) is 8.40. The molecule has 0 heterocycles. The molecule has 1 aromatic rings. The Kier molecular flexibility index (Phi) is 4.25. The van der Waals surface area contributed by atoms with Crippen molar-refractivity contribution in [1.29, 1.82) is 0 Å². The molecule has 2 atom stereocenters. The molecular formula is C15H20Cl2O. The molecule has 0 bridgehead atoms. The van der Waals surface area contributed by atoms with Crippen LogP contribution in [0.15, 0.2) is 18.2 Å². The van der Waals surface area contributed by atoms with Crippen LogP contribution in [0.5, 0.6) is 0 Å². The number of rotatable bonds is 3. The first-order valence-electron chi connectivity index (χ1n) is 6.52. The van der Waals surface area contributed by atoms with E-state index in [1.54, 1.807) is 6.07 Å². The van der Waals surface area contributed by atoms with E-state index in [0.29, 0.717) is 22.4 Å². The highest BCUT2D eigenvalue weighted by molar-refractivity contribution is 6.35. The molecule has 1 aliphatic carbocycles. The van der Waals surface area contributed by atoms with Crippen LogP contribution in [0, 0.1) is 11.3 Å². The van der Waals surface area contributed by atoms with Gasteiger partial charge in [0.15, 0.2) is 0 Å². The predicted molar refractivity (Wildman–Crippen MR) is 77.3 cm³/mol. The van der Waals surface area contributed by atoms with Crippen LogP contribution in [-0.4, -0.2) is 11.2 Å². The third-order valence-electron chi connectivity index (χ3n) is 4.25. The molecule has 3 heteroatoms. The topological polar surface area (TPSA) is 20.2 Å². The van der Waals surface area contributed by atoms with Gasteiger partial charge in [0.2, 0.25) is 0 Å². The van der Waals surface area contributed by atoms with E-state index >= 15 is 0 Å². The monoisotopic (exact) mass is 286 g/mol. The minimum absolute atomic E-state index is 0.234. The zero-order valence-corrected chi connectivity index (χ0v) is 12.4. The number of aliphatic hydroxyl groups excluding tert-OH is 1. The van der Waals surface area contributed by atoms with Gasteiger partial charge in [-0.1, -0.05) is 49.5 Å². The number of benzene rings is 1. The van der Waals surface area contributed by atoms with Gasteiger partial charge >= 0.3 is 0 Å². The molecule has 0 aromatic heterocycles. The van der Waals surface area contributed by atoms with Gasteiger partial charge in [0, 0.05) is 16.5 Å². The summed E-state index contributed by atoms with van der Waals surface area (Å²) >= 11 is 12.0. The van der Waals surface area contributed by atoms with Crippen LogP contribution in [0.2, 0.25) is 10.0 Å². The third-order valence-corrected chi connectivity index (χ3v) is 4.84. The summed E-state index contributed by atoms with van der Waals surface area (Å²) in [4.78, 5) is 0. The molecular weight excluding hydrogens is 267 g/mol. The average Bonchev–Trinajstić information content (AvgIpc) is 2.62. The second kappa shape index (κ2) is 5.40. The van der Waals surface area contributed by atoms with Crippen LogP contribution in [0.4, 0.5) is 0 Å². The van der Waals surface area contributed by atoms with Crippen molar-refractivity contribution in [1.82, 2.24) is 0 Å². The lowest BCUT2D eigenvalue weighted by Gasteiger charge is -2.31. The molecule has 0 saturated heterocycles. The summed E-state index contributed by atoms with van der Waals surface area (Å²) in [5.74, 6) is 0.365. The van der Waals surface area contributed by atoms with Gasteiger partial charge in [-0.25, -0.2) is 0 Å². The van der Waals surface area contributed by atoms with Crippen LogP contribution in [0.25, 0.3) is 0 Å². The minimum atomic E-state index is -0.318. The molecule has 18 heavy (non-hydrogen) atoms. The molecule has 1 saturated carbocycles. The molecule has 0 amide bonds. The zero-order chi connectivity index (χ0) is 13.3. The highest BCUT2D eigenvalue weighted by Gasteiger charge is 2.38. The van der Waals surface area contributed by atoms with Crippen molar-refractivity contribution in [2.24, 2.45) is 11.3 Å². The summed E-state index contributed by atoms with van der Waals surface area (Å²) in [5, 5.41) is 11.7. The van der Waals surface area contributed by atoms with E-state index in [4.69, 9.17) is 23.2 Å². The lowest BCUT2D eigenvalue weighted by atomic mass is 9.77. The Morgan fingerprint density at radius 3 is 2.67 bits per heavy atom. The van der Waals surface area contributed by atoms with Gasteiger partial charge in [-0.3, -0.25) is 0 Å². The molecule has 0 aliphatic heterocycles. The quantitative estimate of drug-likeness (QED) is 0.852. The fourth-order valence-corrected chi connectivity index (χ4v) is 3.61. The maximum Gasteiger partial charge on any atom is 0.0614 e. The lowest BCUT2D eigenvalue weighted by molar-refractivity contribution is 0.0543. The first-order valence-corrected chi connectivity index (χ1v) is 7.28. The van der Waals surface area contributed by atoms with Gasteiger partial charge < -0.3 is 5.11 Å². The molecule has 0 radical (unpaired) electrons. The van der Waals surface area contributed by atoms with E-state index in [-0.39, 0.29) is 11.5 Å². The van der Waals surface area contributed by atoms with Crippen molar-refractivity contribution in [3.8, 4) is 0 Å². The van der Waals surface area contributed by atoms with Gasteiger partial charge in [-0.15, -0.1) is 0 Å². The van der Waals surface area contributed by atoms with Crippen LogP contribution >= 0.6 is 23.2 Å². The third kappa shape index (κ3) is 3.01. The highest BCUT2D eigenvalue weighted by atomic mass is 35.5. The van der Waals surface area contributed by atoms with Crippen molar-refractivity contribution in [2.75, 3.05) is 0 Å². The molecule has 100 valence electrons. The fraction of sp³-hybridized carbons (Fsp3) is 0.600. The Hall–Kier alpha value is -0.240. The maximum absolute atomic E-state index is 10.4. The van der Waals surface area contributed by atoms with Gasteiger partial charge in [0.25, 0.3) is 0 Å². The minimum Gasteiger partial charge on any atom is -0.392 e. The largest absolute Gasteiger partial charge is 0.392 e. The van der Waals surface area contributed by atoms with E-state index in [9.17, 15) is 5.11 Å². The van der Waals surface area contributed by atoms with E-state index < -0.39 is 0 Å². The fourth-order valence-electron chi connectivity index (χ4n) is 3.12. The van der Waals surface area contributed by atoms with Gasteiger partial charge in [-0.2, -0.15) is 0 Å². The van der Waals surface area contributed by atoms with Gasteiger partial charge in [0.05, 0.1) is 6.10 Å². The Balaban J connectivity index is 2.09. The van der Waals surface area contributed by atoms with E-state index in [1.165, 1.54) is 12.8 Å². The number of aliphatic hydroxyl groups is 1. The summed E-state index contributed by atoms with van der Waals surface area (Å²) in [7, 11) is 0. The van der Waals surface area contributed by atoms with E-state index in [0.717, 1.165) is 12.0 Å². The zero-order valence-electron chi connectivity index (χ0n) is 10.9. The average molecular weight is 287 g/mol. The van der Waals surface area contributed by atoms with Gasteiger partial charge in [-0.05, 0) is 41.9 Å². The SMILES string of the molecule is CC1(C)CCCC1C(O)Cc1ccc(Cl)cc1Cl. The van der Waals surface area contributed by atoms with E-state index in [1.807, 2.05) is 12.1 Å². The highest BCUT2D eigenvalue weighted by Crippen LogP contribution is 2.45. The van der Waals surface area contributed by atoms with Crippen LogP contribution in [-0.2, 0) is 6.42 Å². The smallest absolute Gasteiger partial charge is 0.0614 e. The number of halogens is 2. The first kappa shape index (κ1) is 14.2. The maximum atomic E-state index is 10.4. The van der Waals surface area contributed by atoms with Crippen molar-refractivity contribution < 1.29 is 5.11 Å². The summed E-state index contributed by atoms with van der Waals surface area (Å²) in [6.45, 7) is 4.49. The molecule has 1 N–H and O–H groups in total. The lowest BCUT2D eigenvalue weighted by Crippen LogP contribution is -2.31. The standard InChI is InChI=1S/C15H20Cl2O/c1-15(2)7-3-4-12(15)14(18)8-10-5-6-11(16)9-13(10)17/h5-6,9,12,14,18H,3-4,7-8H2,1-2H3. The molecule has 0 spiro atoms. The Morgan fingerprint density at radius 1 is 1.39 bits per heavy atom. The Labute approximate surface area is 119 Å². The van der Waals surface area contributed by atoms with Crippen LogP contribution < -0.4 is 0 Å². The van der Waals surface area contributed by atoms with Crippen LogP contribution in [0.3, 0.4) is 0 Å². The Bertz CT molecular complexity index is 429. The molecule has 2 unspecified atom stereocenters. The molecule has 1 aromatic carbocycles. The van der Waals surface area contributed by atoms with Gasteiger partial charge in [0.1, 0.15) is 0 Å². The Morgan fingerprint density at radius 2 is 2.11 bits per heavy atom. The van der Waals surface area contributed by atoms with Crippen molar-refractivity contribution in [3.63, 3.8) is 0 Å². The second-order valence-electron chi connectivity index (χ2n) is 5.99. The summed E-state index contributed by atoms with van der Waals surface area (Å²) in [6.07, 6.45) is 3.82. The number of hydrogen-bond donors (Lipinski definition) is 1. The molecule has 1 nitrogen and oxygen atoms in total. The van der Waals surface area contributed by atoms with Crippen LogP contribution in [0.1, 0.15) is 38.7 Å². The predicted octanol–water partition coefficient (Wildman–Crippen LogP) is 4.72. The second-order valence-corrected chi connectivity index (χ2v) is 6.84. The van der Waals surface area contributed by atoms with Crippen molar-refractivity contribution in [3.05, 3.63) is 33.8 Å². The number of hydrogen-bond acceptors (Lipinski definition) is 1. The normalized spacial score (nSPS) is 24.2. The molecule has 1 aliphatic rings. The summed E-state index contributed by atoms with van der Waals surface area (Å²) in [5.41, 5.74) is 1.22. The van der Waals surface area contributed by atoms with E-state index in [2.05, 4.69) is 13.8 Å². The summed E-state index contributed by atoms with van der Waals surface area (Å²) in [6, 6.07) is 5.48.